The SMILES string of the molecule is Cc1ccc(S(=O)(=O)C[C@H](C)NC(=O)c2scnc2C)cc1. The zero-order valence-corrected chi connectivity index (χ0v) is 14.3. The first kappa shape index (κ1) is 16.6. The molecule has 0 fully saturated rings. The minimum Gasteiger partial charge on any atom is -0.348 e. The molecule has 1 aromatic carbocycles. The van der Waals surface area contributed by atoms with Gasteiger partial charge in [-0.05, 0) is 32.9 Å². The van der Waals surface area contributed by atoms with Crippen molar-refractivity contribution < 1.29 is 13.2 Å². The van der Waals surface area contributed by atoms with Crippen molar-refractivity contribution in [2.75, 3.05) is 5.75 Å². The second kappa shape index (κ2) is 6.58. The quantitative estimate of drug-likeness (QED) is 0.908. The Bertz CT molecular complexity index is 764. The van der Waals surface area contributed by atoms with Crippen LogP contribution in [0.2, 0.25) is 0 Å². The largest absolute Gasteiger partial charge is 0.348 e. The summed E-state index contributed by atoms with van der Waals surface area (Å²) in [5.41, 5.74) is 3.25. The number of aromatic nitrogens is 1. The van der Waals surface area contributed by atoms with Gasteiger partial charge in [-0.15, -0.1) is 11.3 Å². The summed E-state index contributed by atoms with van der Waals surface area (Å²) in [4.78, 5) is 16.9. The fraction of sp³-hybridized carbons (Fsp3) is 0.333. The third-order valence-corrected chi connectivity index (χ3v) is 6.04. The molecule has 1 N–H and O–H groups in total. The number of carbonyl (C=O) groups excluding carboxylic acids is 1. The van der Waals surface area contributed by atoms with Crippen LogP contribution in [0, 0.1) is 13.8 Å². The number of thiazole rings is 1. The van der Waals surface area contributed by atoms with E-state index in [1.54, 1.807) is 43.6 Å². The average molecular weight is 338 g/mol. The van der Waals surface area contributed by atoms with Gasteiger partial charge in [0, 0.05) is 6.04 Å². The van der Waals surface area contributed by atoms with Gasteiger partial charge in [-0.1, -0.05) is 17.7 Å². The van der Waals surface area contributed by atoms with E-state index in [0.717, 1.165) is 5.56 Å². The molecule has 2 aromatic rings. The van der Waals surface area contributed by atoms with Gasteiger partial charge in [0.2, 0.25) is 0 Å². The van der Waals surface area contributed by atoms with Crippen LogP contribution in [0.15, 0.2) is 34.7 Å². The van der Waals surface area contributed by atoms with Crippen LogP contribution in [0.4, 0.5) is 0 Å². The molecule has 7 heteroatoms. The zero-order valence-electron chi connectivity index (χ0n) is 12.7. The number of nitrogens with zero attached hydrogens (tertiary/aromatic N) is 1. The summed E-state index contributed by atoms with van der Waals surface area (Å²) in [5.74, 6) is -0.425. The molecule has 0 unspecified atom stereocenters. The highest BCUT2D eigenvalue weighted by Gasteiger charge is 2.21. The van der Waals surface area contributed by atoms with Gasteiger partial charge in [-0.3, -0.25) is 4.79 Å². The summed E-state index contributed by atoms with van der Waals surface area (Å²) >= 11 is 1.24. The van der Waals surface area contributed by atoms with E-state index >= 15 is 0 Å². The van der Waals surface area contributed by atoms with Crippen LogP contribution in [-0.4, -0.2) is 31.1 Å². The van der Waals surface area contributed by atoms with Gasteiger partial charge in [0.1, 0.15) is 4.88 Å². The van der Waals surface area contributed by atoms with Crippen molar-refractivity contribution in [3.63, 3.8) is 0 Å². The molecule has 0 saturated heterocycles. The van der Waals surface area contributed by atoms with Crippen molar-refractivity contribution in [3.8, 4) is 0 Å². The number of aryl methyl sites for hydroxylation is 2. The van der Waals surface area contributed by atoms with Crippen LogP contribution >= 0.6 is 11.3 Å². The van der Waals surface area contributed by atoms with E-state index in [2.05, 4.69) is 10.3 Å². The Morgan fingerprint density at radius 3 is 2.45 bits per heavy atom. The Labute approximate surface area is 134 Å². The van der Waals surface area contributed by atoms with Gasteiger partial charge in [-0.25, -0.2) is 13.4 Å². The maximum absolute atomic E-state index is 12.3. The molecule has 22 heavy (non-hydrogen) atoms. The Hall–Kier alpha value is -1.73. The molecule has 0 saturated carbocycles. The molecule has 0 aliphatic carbocycles. The van der Waals surface area contributed by atoms with Gasteiger partial charge >= 0.3 is 0 Å². The molecular formula is C15H18N2O3S2. The van der Waals surface area contributed by atoms with E-state index in [0.29, 0.717) is 10.6 Å². The normalized spacial score (nSPS) is 12.9. The second-order valence-electron chi connectivity index (χ2n) is 5.24. The van der Waals surface area contributed by atoms with Crippen LogP contribution < -0.4 is 5.32 Å². The molecule has 1 amide bonds. The molecule has 2 rings (SSSR count). The lowest BCUT2D eigenvalue weighted by molar-refractivity contribution is 0.0947. The van der Waals surface area contributed by atoms with Gasteiger partial charge in [0.05, 0.1) is 21.9 Å². The number of nitrogens with one attached hydrogen (secondary N) is 1. The summed E-state index contributed by atoms with van der Waals surface area (Å²) in [6.45, 7) is 5.33. The van der Waals surface area contributed by atoms with Crippen LogP contribution in [0.3, 0.4) is 0 Å². The molecule has 118 valence electrons. The fourth-order valence-corrected chi connectivity index (χ4v) is 4.21. The summed E-state index contributed by atoms with van der Waals surface area (Å²) in [6, 6.07) is 6.22. The van der Waals surface area contributed by atoms with Crippen molar-refractivity contribution in [1.82, 2.24) is 10.3 Å². The van der Waals surface area contributed by atoms with Crippen LogP contribution in [0.5, 0.6) is 0 Å². The molecule has 5 nitrogen and oxygen atoms in total. The predicted molar refractivity (Wildman–Crippen MR) is 87.0 cm³/mol. The lowest BCUT2D eigenvalue weighted by atomic mass is 10.2. The minimum absolute atomic E-state index is 0.139. The first-order valence-electron chi connectivity index (χ1n) is 6.80. The molecular weight excluding hydrogens is 320 g/mol. The van der Waals surface area contributed by atoms with E-state index in [1.165, 1.54) is 11.3 Å². The Kier molecular flexibility index (Phi) is 4.97. The highest BCUT2D eigenvalue weighted by atomic mass is 32.2. The van der Waals surface area contributed by atoms with Gasteiger partial charge in [-0.2, -0.15) is 0 Å². The lowest BCUT2D eigenvalue weighted by Gasteiger charge is -2.14. The maximum Gasteiger partial charge on any atom is 0.263 e. The summed E-state index contributed by atoms with van der Waals surface area (Å²) in [5, 5.41) is 2.71. The molecule has 0 bridgehead atoms. The zero-order chi connectivity index (χ0) is 16.3. The van der Waals surface area contributed by atoms with Crippen molar-refractivity contribution in [2.45, 2.75) is 31.7 Å². The first-order valence-corrected chi connectivity index (χ1v) is 9.33. The van der Waals surface area contributed by atoms with Crippen molar-refractivity contribution in [2.24, 2.45) is 0 Å². The molecule has 1 heterocycles. The number of amides is 1. The minimum atomic E-state index is -3.43. The topological polar surface area (TPSA) is 76.1 Å². The maximum atomic E-state index is 12.3. The molecule has 0 radical (unpaired) electrons. The predicted octanol–water partition coefficient (Wildman–Crippen LogP) is 2.35. The highest BCUT2D eigenvalue weighted by Crippen LogP contribution is 2.15. The van der Waals surface area contributed by atoms with Crippen molar-refractivity contribution in [1.29, 1.82) is 0 Å². The highest BCUT2D eigenvalue weighted by molar-refractivity contribution is 7.91. The van der Waals surface area contributed by atoms with Crippen LogP contribution in [0.1, 0.15) is 27.9 Å². The number of sulfone groups is 1. The summed E-state index contributed by atoms with van der Waals surface area (Å²) in [7, 11) is -3.43. The van der Waals surface area contributed by atoms with E-state index in [4.69, 9.17) is 0 Å². The molecule has 1 atom stereocenters. The third kappa shape index (κ3) is 3.92. The van der Waals surface area contributed by atoms with Crippen molar-refractivity contribution in [3.05, 3.63) is 45.9 Å². The Balaban J connectivity index is 2.05. The van der Waals surface area contributed by atoms with Crippen LogP contribution in [0.25, 0.3) is 0 Å². The molecule has 0 aliphatic heterocycles. The van der Waals surface area contributed by atoms with E-state index in [1.807, 2.05) is 6.92 Å². The van der Waals surface area contributed by atoms with Crippen molar-refractivity contribution >= 4 is 27.1 Å². The standard InChI is InChI=1S/C15H18N2O3S2/c1-10-4-6-13(7-5-10)22(19,20)8-11(2)17-15(18)14-12(3)16-9-21-14/h4-7,9,11H,8H2,1-3H3,(H,17,18)/t11-/m0/s1. The van der Waals surface area contributed by atoms with Gasteiger partial charge < -0.3 is 5.32 Å². The molecule has 1 aromatic heterocycles. The number of benzene rings is 1. The molecule has 0 spiro atoms. The average Bonchev–Trinajstić information content (AvgIpc) is 2.84. The van der Waals surface area contributed by atoms with Crippen LogP contribution in [-0.2, 0) is 9.84 Å². The number of rotatable bonds is 5. The Morgan fingerprint density at radius 2 is 1.91 bits per heavy atom. The van der Waals surface area contributed by atoms with E-state index in [-0.39, 0.29) is 16.6 Å². The van der Waals surface area contributed by atoms with Gasteiger partial charge in [0.15, 0.2) is 9.84 Å². The second-order valence-corrected chi connectivity index (χ2v) is 8.12. The van der Waals surface area contributed by atoms with E-state index in [9.17, 15) is 13.2 Å². The molecule has 0 aliphatic rings. The number of carbonyl (C=O) groups is 1. The monoisotopic (exact) mass is 338 g/mol. The lowest BCUT2D eigenvalue weighted by Crippen LogP contribution is -2.37. The Morgan fingerprint density at radius 1 is 1.27 bits per heavy atom. The van der Waals surface area contributed by atoms with E-state index < -0.39 is 15.9 Å². The first-order chi connectivity index (χ1) is 10.3. The third-order valence-electron chi connectivity index (χ3n) is 3.18. The summed E-state index contributed by atoms with van der Waals surface area (Å²) in [6.07, 6.45) is 0. The van der Waals surface area contributed by atoms with Gasteiger partial charge in [0.25, 0.3) is 5.91 Å². The number of hydrogen-bond donors (Lipinski definition) is 1. The summed E-state index contributed by atoms with van der Waals surface area (Å²) < 4.78 is 24.7. The number of hydrogen-bond acceptors (Lipinski definition) is 5. The smallest absolute Gasteiger partial charge is 0.263 e. The fourth-order valence-electron chi connectivity index (χ4n) is 2.02.